The monoisotopic (exact) mass is 426 g/mol. The smallest absolute Gasteiger partial charge is 0.234 e. The third kappa shape index (κ3) is 5.04. The fraction of sp³-hybridized carbons (Fsp3) is 0.286. The number of methoxy groups -OCH3 is 1. The van der Waals surface area contributed by atoms with Crippen LogP contribution in [0.25, 0.3) is 11.4 Å². The molecule has 2 aromatic carbocycles. The molecule has 0 aliphatic carbocycles. The Morgan fingerprint density at radius 2 is 1.77 bits per heavy atom. The van der Waals surface area contributed by atoms with E-state index in [9.17, 15) is 4.79 Å². The van der Waals surface area contributed by atoms with E-state index < -0.39 is 0 Å². The minimum absolute atomic E-state index is 0.135. The number of carbonyl (C=O) groups is 1. The quantitative estimate of drug-likeness (QED) is 0.400. The van der Waals surface area contributed by atoms with E-state index in [1.165, 1.54) is 16.4 Å². The second-order valence-corrected chi connectivity index (χ2v) is 7.40. The van der Waals surface area contributed by atoms with Crippen LogP contribution in [0.5, 0.6) is 5.75 Å². The minimum atomic E-state index is -0.135. The summed E-state index contributed by atoms with van der Waals surface area (Å²) in [6.07, 6.45) is 0. The first kappa shape index (κ1) is 21.5. The summed E-state index contributed by atoms with van der Waals surface area (Å²) >= 11 is 1.23. The van der Waals surface area contributed by atoms with Gasteiger partial charge in [-0.25, -0.2) is 4.68 Å². The van der Waals surface area contributed by atoms with Crippen molar-refractivity contribution in [2.24, 2.45) is 0 Å². The standard InChI is InChI=1S/C21H26N6O2S/c1-4-26(5-2)17-10-8-16(9-11-17)23-19(28)14-30-21-25-24-20(27(21)22)15-6-12-18(29-3)13-7-15/h6-13H,4-5,14,22H2,1-3H3,(H,23,28). The number of thioether (sulfide) groups is 1. The second kappa shape index (κ2) is 10.0. The number of rotatable bonds is 9. The van der Waals surface area contributed by atoms with E-state index in [-0.39, 0.29) is 11.7 Å². The summed E-state index contributed by atoms with van der Waals surface area (Å²) in [4.78, 5) is 14.6. The first-order valence-corrected chi connectivity index (χ1v) is 10.7. The molecule has 0 bridgehead atoms. The molecule has 0 radical (unpaired) electrons. The van der Waals surface area contributed by atoms with Crippen LogP contribution in [0.4, 0.5) is 11.4 Å². The van der Waals surface area contributed by atoms with Crippen molar-refractivity contribution < 1.29 is 9.53 Å². The summed E-state index contributed by atoms with van der Waals surface area (Å²) < 4.78 is 6.55. The highest BCUT2D eigenvalue weighted by molar-refractivity contribution is 7.99. The van der Waals surface area contributed by atoms with Crippen LogP contribution in [0.2, 0.25) is 0 Å². The predicted molar refractivity (Wildman–Crippen MR) is 122 cm³/mol. The van der Waals surface area contributed by atoms with Crippen LogP contribution in [-0.4, -0.2) is 46.7 Å². The van der Waals surface area contributed by atoms with Gasteiger partial charge in [0.15, 0.2) is 5.82 Å². The number of nitrogens with one attached hydrogen (secondary N) is 1. The molecule has 0 spiro atoms. The fourth-order valence-corrected chi connectivity index (χ4v) is 3.64. The molecule has 0 fully saturated rings. The van der Waals surface area contributed by atoms with Crippen LogP contribution >= 0.6 is 11.8 Å². The summed E-state index contributed by atoms with van der Waals surface area (Å²) in [5.74, 6) is 7.43. The lowest BCUT2D eigenvalue weighted by Crippen LogP contribution is -2.21. The minimum Gasteiger partial charge on any atom is -0.497 e. The highest BCUT2D eigenvalue weighted by Gasteiger charge is 2.14. The number of benzene rings is 2. The molecule has 3 rings (SSSR count). The van der Waals surface area contributed by atoms with Gasteiger partial charge in [0, 0.05) is 30.0 Å². The SMILES string of the molecule is CCN(CC)c1ccc(NC(=O)CSc2nnc(-c3ccc(OC)cc3)n2N)cc1. The van der Waals surface area contributed by atoms with Crippen LogP contribution in [-0.2, 0) is 4.79 Å². The predicted octanol–water partition coefficient (Wildman–Crippen LogP) is 3.24. The van der Waals surface area contributed by atoms with E-state index in [1.54, 1.807) is 7.11 Å². The number of anilines is 2. The molecule has 30 heavy (non-hydrogen) atoms. The number of nitrogen functional groups attached to an aromatic ring is 1. The molecule has 0 unspecified atom stereocenters. The molecule has 0 aliphatic heterocycles. The van der Waals surface area contributed by atoms with Gasteiger partial charge < -0.3 is 20.8 Å². The van der Waals surface area contributed by atoms with Gasteiger partial charge >= 0.3 is 0 Å². The lowest BCUT2D eigenvalue weighted by Gasteiger charge is -2.21. The topological polar surface area (TPSA) is 98.3 Å². The molecule has 9 heteroatoms. The maximum absolute atomic E-state index is 12.3. The van der Waals surface area contributed by atoms with Gasteiger partial charge in [0.05, 0.1) is 12.9 Å². The number of aromatic nitrogens is 3. The molecule has 0 saturated heterocycles. The summed E-state index contributed by atoms with van der Waals surface area (Å²) in [5.41, 5.74) is 2.70. The summed E-state index contributed by atoms with van der Waals surface area (Å²) in [6.45, 7) is 6.12. The average molecular weight is 427 g/mol. The van der Waals surface area contributed by atoms with E-state index in [1.807, 2.05) is 48.5 Å². The van der Waals surface area contributed by atoms with Crippen molar-refractivity contribution in [1.29, 1.82) is 0 Å². The van der Waals surface area contributed by atoms with Crippen molar-refractivity contribution >= 4 is 29.0 Å². The molecule has 1 aromatic heterocycles. The Morgan fingerprint density at radius 3 is 2.37 bits per heavy atom. The first-order valence-electron chi connectivity index (χ1n) is 9.68. The lowest BCUT2D eigenvalue weighted by molar-refractivity contribution is -0.113. The van der Waals surface area contributed by atoms with Gasteiger partial charge in [0.2, 0.25) is 11.1 Å². The molecule has 1 heterocycles. The van der Waals surface area contributed by atoms with Gasteiger partial charge in [-0.15, -0.1) is 10.2 Å². The highest BCUT2D eigenvalue weighted by Crippen LogP contribution is 2.24. The zero-order valence-corrected chi connectivity index (χ0v) is 18.1. The second-order valence-electron chi connectivity index (χ2n) is 6.46. The van der Waals surface area contributed by atoms with E-state index in [4.69, 9.17) is 10.6 Å². The largest absolute Gasteiger partial charge is 0.497 e. The highest BCUT2D eigenvalue weighted by atomic mass is 32.2. The number of amides is 1. The first-order chi connectivity index (χ1) is 14.5. The van der Waals surface area contributed by atoms with Crippen LogP contribution in [0.15, 0.2) is 53.7 Å². The van der Waals surface area contributed by atoms with E-state index in [0.717, 1.165) is 35.8 Å². The van der Waals surface area contributed by atoms with Crippen molar-refractivity contribution in [3.63, 3.8) is 0 Å². The number of hydrogen-bond acceptors (Lipinski definition) is 7. The number of carbonyl (C=O) groups excluding carboxylic acids is 1. The normalized spacial score (nSPS) is 10.6. The van der Waals surface area contributed by atoms with E-state index in [2.05, 4.69) is 34.3 Å². The van der Waals surface area contributed by atoms with Gasteiger partial charge in [0.25, 0.3) is 0 Å². The molecule has 8 nitrogen and oxygen atoms in total. The Labute approximate surface area is 180 Å². The van der Waals surface area contributed by atoms with Crippen molar-refractivity contribution in [3.05, 3.63) is 48.5 Å². The lowest BCUT2D eigenvalue weighted by atomic mass is 10.2. The van der Waals surface area contributed by atoms with Gasteiger partial charge in [-0.05, 0) is 62.4 Å². The molecule has 3 aromatic rings. The molecule has 0 atom stereocenters. The van der Waals surface area contributed by atoms with Crippen molar-refractivity contribution in [2.75, 3.05) is 42.0 Å². The number of nitrogens with zero attached hydrogens (tertiary/aromatic N) is 4. The van der Waals surface area contributed by atoms with Gasteiger partial charge in [-0.1, -0.05) is 11.8 Å². The molecule has 1 amide bonds. The zero-order chi connectivity index (χ0) is 21.5. The van der Waals surface area contributed by atoms with Crippen LogP contribution < -0.4 is 20.8 Å². The van der Waals surface area contributed by atoms with Crippen LogP contribution in [0.1, 0.15) is 13.8 Å². The van der Waals surface area contributed by atoms with Crippen LogP contribution in [0, 0.1) is 0 Å². The molecule has 0 saturated carbocycles. The van der Waals surface area contributed by atoms with Gasteiger partial charge in [0.1, 0.15) is 5.75 Å². The molecular formula is C21H26N6O2S. The van der Waals surface area contributed by atoms with Gasteiger partial charge in [-0.2, -0.15) is 0 Å². The number of nitrogens with two attached hydrogens (primary N) is 1. The third-order valence-electron chi connectivity index (χ3n) is 4.62. The Hall–Kier alpha value is -3.20. The van der Waals surface area contributed by atoms with Crippen molar-refractivity contribution in [1.82, 2.24) is 14.9 Å². The molecule has 3 N–H and O–H groups in total. The number of hydrogen-bond donors (Lipinski definition) is 2. The van der Waals surface area contributed by atoms with Crippen LogP contribution in [0.3, 0.4) is 0 Å². The summed E-state index contributed by atoms with van der Waals surface area (Å²) in [7, 11) is 1.61. The van der Waals surface area contributed by atoms with Crippen molar-refractivity contribution in [2.45, 2.75) is 19.0 Å². The Bertz CT molecular complexity index is 968. The van der Waals surface area contributed by atoms with Crippen molar-refractivity contribution in [3.8, 4) is 17.1 Å². The zero-order valence-electron chi connectivity index (χ0n) is 17.3. The summed E-state index contributed by atoms with van der Waals surface area (Å²) in [5, 5.41) is 11.6. The Balaban J connectivity index is 1.58. The fourth-order valence-electron chi connectivity index (χ4n) is 2.98. The van der Waals surface area contributed by atoms with E-state index in [0.29, 0.717) is 11.0 Å². The molecule has 158 valence electrons. The Morgan fingerprint density at radius 1 is 1.10 bits per heavy atom. The maximum Gasteiger partial charge on any atom is 0.234 e. The van der Waals surface area contributed by atoms with Gasteiger partial charge in [-0.3, -0.25) is 4.79 Å². The number of ether oxygens (including phenoxy) is 1. The summed E-state index contributed by atoms with van der Waals surface area (Å²) in [6, 6.07) is 15.2. The Kier molecular flexibility index (Phi) is 7.18. The molecular weight excluding hydrogens is 400 g/mol. The average Bonchev–Trinajstić information content (AvgIpc) is 3.14. The third-order valence-corrected chi connectivity index (χ3v) is 5.57. The molecule has 0 aliphatic rings. The maximum atomic E-state index is 12.3. The van der Waals surface area contributed by atoms with E-state index >= 15 is 0 Å².